The number of hydrogen-bond donors (Lipinski definition) is 0. The number of hydrogen-bond acceptors (Lipinski definition) is 12. The maximum atomic E-state index is 12.7. The fraction of sp³-hybridized carbons (Fsp3) is 0.744. The van der Waals surface area contributed by atoms with E-state index in [9.17, 15) is 9.59 Å². The van der Waals surface area contributed by atoms with Crippen molar-refractivity contribution in [2.45, 2.75) is 94.0 Å². The Labute approximate surface area is 305 Å². The Morgan fingerprint density at radius 1 is 0.635 bits per heavy atom. The van der Waals surface area contributed by atoms with E-state index in [1.165, 1.54) is 0 Å². The fourth-order valence-corrected chi connectivity index (χ4v) is 8.50. The first-order chi connectivity index (χ1) is 25.2. The van der Waals surface area contributed by atoms with Crippen molar-refractivity contribution >= 4 is 12.1 Å². The third-order valence-electron chi connectivity index (χ3n) is 12.3. The smallest absolute Gasteiger partial charge is 0.410 e. The second-order valence-corrected chi connectivity index (χ2v) is 16.2. The molecule has 0 atom stereocenters. The summed E-state index contributed by atoms with van der Waals surface area (Å²) in [5.41, 5.74) is 0.245. The molecule has 1 aromatic rings. The number of esters is 1. The Morgan fingerprint density at radius 2 is 1.06 bits per heavy atom. The molecule has 6 spiro atoms. The number of ether oxygens (including phenoxy) is 10. The summed E-state index contributed by atoms with van der Waals surface area (Å²) in [5, 5.41) is 0. The normalized spacial score (nSPS) is 28.6. The van der Waals surface area contributed by atoms with Crippen LogP contribution in [0.4, 0.5) is 4.79 Å². The fourth-order valence-electron chi connectivity index (χ4n) is 8.50. The van der Waals surface area contributed by atoms with Crippen LogP contribution >= 0.6 is 0 Å². The zero-order valence-electron chi connectivity index (χ0n) is 30.2. The lowest BCUT2D eigenvalue weighted by Crippen LogP contribution is -2.63. The van der Waals surface area contributed by atoms with E-state index >= 15 is 0 Å². The molecule has 5 saturated heterocycles. The molecule has 286 valence electrons. The molecule has 0 aromatic heterocycles. The molecule has 13 nitrogen and oxygen atoms in total. The molecule has 7 aliphatic rings. The molecule has 13 heteroatoms. The summed E-state index contributed by atoms with van der Waals surface area (Å²) in [4.78, 5) is 26.7. The number of carbonyl (C=O) groups excluding carboxylic acids is 2. The zero-order chi connectivity index (χ0) is 35.8. The van der Waals surface area contributed by atoms with E-state index < -0.39 is 23.1 Å². The Hall–Kier alpha value is -2.62. The first-order valence-electron chi connectivity index (χ1n) is 19.0. The van der Waals surface area contributed by atoms with Gasteiger partial charge in [0.05, 0.1) is 69.6 Å². The molecule has 1 aromatic carbocycles. The van der Waals surface area contributed by atoms with E-state index in [0.717, 1.165) is 5.56 Å². The van der Waals surface area contributed by atoms with Gasteiger partial charge in [-0.1, -0.05) is 43.0 Å². The molecule has 5 heterocycles. The predicted octanol–water partition coefficient (Wildman–Crippen LogP) is 4.86. The van der Waals surface area contributed by atoms with Crippen molar-refractivity contribution in [1.82, 2.24) is 4.90 Å². The monoisotopic (exact) mass is 727 g/mol. The molecule has 1 amide bonds. The lowest BCUT2D eigenvalue weighted by atomic mass is 9.81. The van der Waals surface area contributed by atoms with Crippen LogP contribution in [0, 0.1) is 16.7 Å². The van der Waals surface area contributed by atoms with Crippen LogP contribution in [-0.2, 0) is 58.8 Å². The van der Waals surface area contributed by atoms with Crippen molar-refractivity contribution in [3.63, 3.8) is 0 Å². The average Bonchev–Trinajstić information content (AvgIpc) is 3.20. The van der Waals surface area contributed by atoms with Crippen molar-refractivity contribution in [2.75, 3.05) is 72.6 Å². The summed E-state index contributed by atoms with van der Waals surface area (Å²) in [7, 11) is 0. The van der Waals surface area contributed by atoms with Crippen LogP contribution in [0.3, 0.4) is 0 Å². The van der Waals surface area contributed by atoms with Gasteiger partial charge in [0.25, 0.3) is 0 Å². The summed E-state index contributed by atoms with van der Waals surface area (Å²) < 4.78 is 62.3. The predicted molar refractivity (Wildman–Crippen MR) is 182 cm³/mol. The lowest BCUT2D eigenvalue weighted by Gasteiger charge is -2.56. The van der Waals surface area contributed by atoms with E-state index in [0.29, 0.717) is 130 Å². The first kappa shape index (κ1) is 36.4. The van der Waals surface area contributed by atoms with Gasteiger partial charge in [0.1, 0.15) is 13.2 Å². The molecule has 8 rings (SSSR count). The first-order valence-corrected chi connectivity index (χ1v) is 19.0. The summed E-state index contributed by atoms with van der Waals surface area (Å²) in [6, 6.07) is 9.69. The number of nitrogens with zero attached hydrogens (tertiary/aromatic N) is 1. The molecule has 7 fully saturated rings. The van der Waals surface area contributed by atoms with Gasteiger partial charge in [-0.2, -0.15) is 0 Å². The second-order valence-electron chi connectivity index (χ2n) is 16.2. The van der Waals surface area contributed by atoms with Gasteiger partial charge < -0.3 is 52.3 Å². The third-order valence-corrected chi connectivity index (χ3v) is 12.3. The second kappa shape index (κ2) is 14.6. The van der Waals surface area contributed by atoms with Crippen LogP contribution in [0.25, 0.3) is 0 Å². The van der Waals surface area contributed by atoms with Crippen molar-refractivity contribution in [3.05, 3.63) is 48.6 Å². The van der Waals surface area contributed by atoms with Gasteiger partial charge in [-0.3, -0.25) is 4.79 Å². The minimum Gasteiger partial charge on any atom is -0.461 e. The van der Waals surface area contributed by atoms with Crippen LogP contribution < -0.4 is 0 Å². The van der Waals surface area contributed by atoms with Gasteiger partial charge in [0.2, 0.25) is 0 Å². The van der Waals surface area contributed by atoms with Crippen LogP contribution in [0.15, 0.2) is 43.0 Å². The summed E-state index contributed by atoms with van der Waals surface area (Å²) in [6.07, 6.45) is 7.84. The number of likely N-dealkylation sites (tertiary alicyclic amines) is 1. The van der Waals surface area contributed by atoms with E-state index in [2.05, 4.69) is 6.58 Å². The Balaban J connectivity index is 0.742. The van der Waals surface area contributed by atoms with Gasteiger partial charge in [-0.25, -0.2) is 4.79 Å². The molecule has 0 bridgehead atoms. The van der Waals surface area contributed by atoms with Gasteiger partial charge in [-0.05, 0) is 18.4 Å². The lowest BCUT2D eigenvalue weighted by molar-refractivity contribution is -0.404. The highest BCUT2D eigenvalue weighted by molar-refractivity contribution is 5.72. The number of carbonyl (C=O) groups is 2. The quantitative estimate of drug-likeness (QED) is 0.304. The van der Waals surface area contributed by atoms with E-state index in [1.54, 1.807) is 11.0 Å². The highest BCUT2D eigenvalue weighted by atomic mass is 16.7. The standard InChI is InChI=1S/C39H53NO12/c1-2-20-43-32(41)31-8-10-36(11-9-31)45-22-34(23-46-36)24-47-37(48-25-34)12-14-38(15-13-37)49-26-35(27-50-38)28-51-39(52-29-35)16-18-40(19-17-39)33(42)44-21-30-6-4-3-5-7-30/h2-7,31H,1,8-29H2. The molecule has 52 heavy (non-hydrogen) atoms. The molecule has 5 aliphatic heterocycles. The van der Waals surface area contributed by atoms with Crippen LogP contribution in [0.2, 0.25) is 0 Å². The van der Waals surface area contributed by atoms with E-state index in [1.807, 2.05) is 30.3 Å². The number of rotatable bonds is 5. The molecule has 0 radical (unpaired) electrons. The SMILES string of the molecule is C=CCOC(=O)C1CCC2(CC1)OCC1(CO2)COC2(CCC3(CC2)OCC2(COC4(CCN(C(=O)OCc5ccccc5)CC4)OC2)CO3)OC1. The minimum absolute atomic E-state index is 0.122. The van der Waals surface area contributed by atoms with Gasteiger partial charge in [0, 0.05) is 64.5 Å². The molecule has 0 unspecified atom stereocenters. The summed E-state index contributed by atoms with van der Waals surface area (Å²) in [6.45, 7) is 9.08. The number of benzene rings is 1. The topological polar surface area (TPSA) is 130 Å². The van der Waals surface area contributed by atoms with Crippen LogP contribution in [0.1, 0.15) is 69.8 Å². The van der Waals surface area contributed by atoms with Crippen molar-refractivity contribution in [1.29, 1.82) is 0 Å². The zero-order valence-corrected chi connectivity index (χ0v) is 30.2. The Morgan fingerprint density at radius 3 is 1.50 bits per heavy atom. The number of amides is 1. The molecule has 2 saturated carbocycles. The third kappa shape index (κ3) is 7.52. The van der Waals surface area contributed by atoms with Gasteiger partial charge >= 0.3 is 12.1 Å². The van der Waals surface area contributed by atoms with Crippen LogP contribution in [-0.4, -0.2) is 113 Å². The van der Waals surface area contributed by atoms with Crippen molar-refractivity contribution in [3.8, 4) is 0 Å². The van der Waals surface area contributed by atoms with Crippen LogP contribution in [0.5, 0.6) is 0 Å². The highest BCUT2D eigenvalue weighted by Crippen LogP contribution is 2.50. The Bertz CT molecular complexity index is 1380. The van der Waals surface area contributed by atoms with E-state index in [4.69, 9.17) is 47.4 Å². The molecular formula is C39H53NO12. The Kier molecular flexibility index (Phi) is 10.2. The van der Waals surface area contributed by atoms with Gasteiger partial charge in [0.15, 0.2) is 23.1 Å². The molecular weight excluding hydrogens is 674 g/mol. The molecule has 0 N–H and O–H groups in total. The maximum Gasteiger partial charge on any atom is 0.410 e. The highest BCUT2D eigenvalue weighted by Gasteiger charge is 2.57. The molecule has 2 aliphatic carbocycles. The van der Waals surface area contributed by atoms with Crippen molar-refractivity contribution < 1.29 is 57.0 Å². The summed E-state index contributed by atoms with van der Waals surface area (Å²) in [5.74, 6) is -2.97. The van der Waals surface area contributed by atoms with E-state index in [-0.39, 0.29) is 42.0 Å². The average molecular weight is 728 g/mol. The largest absolute Gasteiger partial charge is 0.461 e. The minimum atomic E-state index is -0.698. The summed E-state index contributed by atoms with van der Waals surface area (Å²) >= 11 is 0. The van der Waals surface area contributed by atoms with Crippen molar-refractivity contribution in [2.24, 2.45) is 16.7 Å². The maximum absolute atomic E-state index is 12.7. The van der Waals surface area contributed by atoms with Gasteiger partial charge in [-0.15, -0.1) is 0 Å². The number of piperidine rings is 1.